The molecule has 0 radical (unpaired) electrons. The van der Waals surface area contributed by atoms with Crippen LogP contribution in [0.15, 0.2) is 18.5 Å². The molecule has 0 saturated carbocycles. The van der Waals surface area contributed by atoms with E-state index in [1.54, 1.807) is 16.7 Å². The first-order valence-electron chi connectivity index (χ1n) is 4.27. The summed E-state index contributed by atoms with van der Waals surface area (Å²) in [6, 6.07) is 1.63. The van der Waals surface area contributed by atoms with Crippen molar-refractivity contribution in [3.63, 3.8) is 0 Å². The highest BCUT2D eigenvalue weighted by atomic mass is 35.5. The number of hydrogen-bond donors (Lipinski definition) is 1. The average Bonchev–Trinajstić information content (AvgIpc) is 2.45. The number of pyridine rings is 1. The molecule has 0 fully saturated rings. The van der Waals surface area contributed by atoms with Gasteiger partial charge in [-0.05, 0) is 25.5 Å². The maximum atomic E-state index is 10.8. The molecule has 4 nitrogen and oxygen atoms in total. The first-order valence-corrected chi connectivity index (χ1v) is 4.27. The van der Waals surface area contributed by atoms with E-state index >= 15 is 0 Å². The Morgan fingerprint density at radius 2 is 2.07 bits per heavy atom. The summed E-state index contributed by atoms with van der Waals surface area (Å²) in [4.78, 5) is 15.1. The van der Waals surface area contributed by atoms with Crippen molar-refractivity contribution in [2.45, 2.75) is 13.8 Å². The van der Waals surface area contributed by atoms with Gasteiger partial charge in [-0.1, -0.05) is 0 Å². The molecule has 0 unspecified atom stereocenters. The highest BCUT2D eigenvalue weighted by Gasteiger charge is 2.07. The molecule has 0 spiro atoms. The molecule has 0 aromatic carbocycles. The van der Waals surface area contributed by atoms with Crippen LogP contribution in [-0.2, 0) is 0 Å². The number of carbonyl (C=O) groups is 1. The lowest BCUT2D eigenvalue weighted by Gasteiger charge is -2.00. The maximum Gasteiger partial charge on any atom is 0.337 e. The summed E-state index contributed by atoms with van der Waals surface area (Å²) in [5.41, 5.74) is 2.86. The van der Waals surface area contributed by atoms with Crippen LogP contribution in [0.4, 0.5) is 0 Å². The van der Waals surface area contributed by atoms with Crippen molar-refractivity contribution in [1.82, 2.24) is 9.38 Å². The van der Waals surface area contributed by atoms with E-state index < -0.39 is 5.97 Å². The number of hydrogen-bond acceptors (Lipinski definition) is 2. The number of fused-ring (bicyclic) bond motifs is 1. The predicted molar refractivity (Wildman–Crippen MR) is 58.9 cm³/mol. The zero-order valence-corrected chi connectivity index (χ0v) is 9.21. The Bertz CT molecular complexity index is 519. The van der Waals surface area contributed by atoms with Crippen molar-refractivity contribution in [2.75, 3.05) is 0 Å². The summed E-state index contributed by atoms with van der Waals surface area (Å²) >= 11 is 0. The van der Waals surface area contributed by atoms with E-state index in [9.17, 15) is 4.79 Å². The van der Waals surface area contributed by atoms with Crippen LogP contribution in [0.1, 0.15) is 21.6 Å². The zero-order chi connectivity index (χ0) is 10.3. The monoisotopic (exact) mass is 226 g/mol. The van der Waals surface area contributed by atoms with E-state index in [2.05, 4.69) is 4.98 Å². The molecule has 2 aromatic heterocycles. The van der Waals surface area contributed by atoms with Crippen LogP contribution in [0.25, 0.3) is 5.65 Å². The van der Waals surface area contributed by atoms with Gasteiger partial charge in [-0.3, -0.25) is 0 Å². The van der Waals surface area contributed by atoms with Gasteiger partial charge in [-0.2, -0.15) is 0 Å². The summed E-state index contributed by atoms with van der Waals surface area (Å²) in [5, 5.41) is 8.84. The van der Waals surface area contributed by atoms with Crippen LogP contribution in [0.2, 0.25) is 0 Å². The summed E-state index contributed by atoms with van der Waals surface area (Å²) in [6.45, 7) is 3.74. The molecule has 2 aromatic rings. The van der Waals surface area contributed by atoms with Gasteiger partial charge in [0.1, 0.15) is 5.65 Å². The smallest absolute Gasteiger partial charge is 0.337 e. The van der Waals surface area contributed by atoms with Gasteiger partial charge in [0.05, 0.1) is 11.3 Å². The zero-order valence-electron chi connectivity index (χ0n) is 8.39. The summed E-state index contributed by atoms with van der Waals surface area (Å²) in [7, 11) is 0. The third-order valence-corrected chi connectivity index (χ3v) is 2.10. The number of imidazole rings is 1. The van der Waals surface area contributed by atoms with Gasteiger partial charge in [-0.25, -0.2) is 9.78 Å². The number of aryl methyl sites for hydroxylation is 2. The Balaban J connectivity index is 0.00000112. The molecule has 1 N–H and O–H groups in total. The molecule has 0 saturated heterocycles. The molecule has 0 aliphatic carbocycles. The third kappa shape index (κ3) is 1.94. The molecular weight excluding hydrogens is 216 g/mol. The molecule has 2 heterocycles. The van der Waals surface area contributed by atoms with E-state index in [-0.39, 0.29) is 18.0 Å². The van der Waals surface area contributed by atoms with Gasteiger partial charge in [0.25, 0.3) is 0 Å². The Hall–Kier alpha value is -1.55. The fourth-order valence-electron chi connectivity index (χ4n) is 1.51. The van der Waals surface area contributed by atoms with E-state index in [1.807, 2.05) is 20.0 Å². The van der Waals surface area contributed by atoms with Gasteiger partial charge in [-0.15, -0.1) is 12.4 Å². The van der Waals surface area contributed by atoms with Gasteiger partial charge >= 0.3 is 5.97 Å². The van der Waals surface area contributed by atoms with Crippen LogP contribution in [0, 0.1) is 13.8 Å². The van der Waals surface area contributed by atoms with Gasteiger partial charge < -0.3 is 9.51 Å². The number of aromatic nitrogens is 2. The van der Waals surface area contributed by atoms with E-state index in [0.717, 1.165) is 16.9 Å². The maximum absolute atomic E-state index is 10.8. The standard InChI is InChI=1S/C10H10N2O2.ClH/c1-6-3-8(10(13)14)5-12-4-7(2)11-9(6)12;/h3-5H,1-2H3,(H,13,14);1H. The third-order valence-electron chi connectivity index (χ3n) is 2.10. The molecule has 0 aliphatic rings. The molecule has 0 atom stereocenters. The van der Waals surface area contributed by atoms with Crippen molar-refractivity contribution in [3.8, 4) is 0 Å². The van der Waals surface area contributed by atoms with Gasteiger partial charge in [0.2, 0.25) is 0 Å². The predicted octanol–water partition coefficient (Wildman–Crippen LogP) is 2.07. The molecule has 0 bridgehead atoms. The second kappa shape index (κ2) is 3.90. The van der Waals surface area contributed by atoms with E-state index in [1.165, 1.54) is 0 Å². The molecule has 2 rings (SSSR count). The minimum atomic E-state index is -0.915. The van der Waals surface area contributed by atoms with Crippen LogP contribution in [0.3, 0.4) is 0 Å². The van der Waals surface area contributed by atoms with Gasteiger partial charge in [0.15, 0.2) is 0 Å². The van der Waals surface area contributed by atoms with Crippen LogP contribution in [0.5, 0.6) is 0 Å². The quantitative estimate of drug-likeness (QED) is 0.810. The Morgan fingerprint density at radius 3 is 2.67 bits per heavy atom. The van der Waals surface area contributed by atoms with Crippen molar-refractivity contribution < 1.29 is 9.90 Å². The van der Waals surface area contributed by atoms with Crippen molar-refractivity contribution in [1.29, 1.82) is 0 Å². The second-order valence-corrected chi connectivity index (χ2v) is 3.33. The fourth-order valence-corrected chi connectivity index (χ4v) is 1.51. The van der Waals surface area contributed by atoms with Crippen molar-refractivity contribution >= 4 is 24.0 Å². The van der Waals surface area contributed by atoms with Crippen LogP contribution >= 0.6 is 12.4 Å². The topological polar surface area (TPSA) is 54.6 Å². The van der Waals surface area contributed by atoms with E-state index in [4.69, 9.17) is 5.11 Å². The van der Waals surface area contributed by atoms with Crippen molar-refractivity contribution in [2.24, 2.45) is 0 Å². The number of carboxylic acid groups (broad SMARTS) is 1. The lowest BCUT2D eigenvalue weighted by molar-refractivity contribution is 0.0696. The fraction of sp³-hybridized carbons (Fsp3) is 0.200. The molecular formula is C10H11ClN2O2. The molecule has 5 heteroatoms. The summed E-state index contributed by atoms with van der Waals surface area (Å²) < 4.78 is 1.74. The molecule has 15 heavy (non-hydrogen) atoms. The second-order valence-electron chi connectivity index (χ2n) is 3.33. The Labute approximate surface area is 93.0 Å². The highest BCUT2D eigenvalue weighted by molar-refractivity contribution is 5.88. The molecule has 0 aliphatic heterocycles. The normalized spacial score (nSPS) is 10.0. The van der Waals surface area contributed by atoms with E-state index in [0.29, 0.717) is 0 Å². The Morgan fingerprint density at radius 1 is 1.40 bits per heavy atom. The van der Waals surface area contributed by atoms with Gasteiger partial charge in [0, 0.05) is 12.4 Å². The van der Waals surface area contributed by atoms with Crippen LogP contribution in [-0.4, -0.2) is 20.5 Å². The van der Waals surface area contributed by atoms with Crippen LogP contribution < -0.4 is 0 Å². The SMILES string of the molecule is Cc1cn2cc(C(=O)O)cc(C)c2n1.Cl. The first-order chi connectivity index (χ1) is 6.58. The largest absolute Gasteiger partial charge is 0.478 e. The Kier molecular flexibility index (Phi) is 3.00. The number of halogens is 1. The lowest BCUT2D eigenvalue weighted by Crippen LogP contribution is -2.00. The minimum absolute atomic E-state index is 0. The number of aromatic carboxylic acids is 1. The van der Waals surface area contributed by atoms with Crippen molar-refractivity contribution in [3.05, 3.63) is 35.3 Å². The molecule has 80 valence electrons. The summed E-state index contributed by atoms with van der Waals surface area (Å²) in [5.74, 6) is -0.915. The summed E-state index contributed by atoms with van der Waals surface area (Å²) in [6.07, 6.45) is 3.39. The lowest BCUT2D eigenvalue weighted by atomic mass is 10.2. The first kappa shape index (κ1) is 11.5. The number of nitrogens with zero attached hydrogens (tertiary/aromatic N) is 2. The average molecular weight is 227 g/mol. The molecule has 0 amide bonds. The number of carboxylic acids is 1. The highest BCUT2D eigenvalue weighted by Crippen LogP contribution is 2.12. The minimum Gasteiger partial charge on any atom is -0.478 e. The number of rotatable bonds is 1.